The molecule has 0 aliphatic carbocycles. The minimum atomic E-state index is 0.109. The molecule has 2 atom stereocenters. The van der Waals surface area contributed by atoms with Gasteiger partial charge in [-0.2, -0.15) is 5.10 Å². The maximum Gasteiger partial charge on any atom is 0.151 e. The van der Waals surface area contributed by atoms with Gasteiger partial charge in [-0.05, 0) is 38.3 Å². The molecule has 0 spiro atoms. The van der Waals surface area contributed by atoms with Crippen molar-refractivity contribution >= 4 is 5.82 Å². The van der Waals surface area contributed by atoms with Crippen molar-refractivity contribution in [3.8, 4) is 0 Å². The van der Waals surface area contributed by atoms with Gasteiger partial charge >= 0.3 is 0 Å². The molecule has 1 aromatic heterocycles. The zero-order valence-corrected chi connectivity index (χ0v) is 12.3. The largest absolute Gasteiger partial charge is 0.384 e. The van der Waals surface area contributed by atoms with E-state index in [9.17, 15) is 0 Å². The molecule has 0 radical (unpaired) electrons. The van der Waals surface area contributed by atoms with Crippen LogP contribution >= 0.6 is 0 Å². The van der Waals surface area contributed by atoms with Crippen molar-refractivity contribution in [2.75, 3.05) is 38.3 Å². The van der Waals surface area contributed by atoms with Crippen molar-refractivity contribution in [2.24, 2.45) is 5.41 Å². The normalized spacial score (nSPS) is 30.1. The molecule has 2 aliphatic heterocycles. The number of aromatic nitrogens is 2. The third-order valence-electron chi connectivity index (χ3n) is 4.53. The van der Waals surface area contributed by atoms with Crippen molar-refractivity contribution in [2.45, 2.75) is 32.3 Å². The maximum atomic E-state index is 6.00. The Hall–Kier alpha value is -1.20. The summed E-state index contributed by atoms with van der Waals surface area (Å²) in [5.41, 5.74) is 1.06. The molecule has 5 heteroatoms. The lowest BCUT2D eigenvalue weighted by atomic mass is 9.73. The molecular weight excluding hydrogens is 254 g/mol. The van der Waals surface area contributed by atoms with E-state index in [1.165, 1.54) is 6.42 Å². The highest BCUT2D eigenvalue weighted by Gasteiger charge is 2.46. The van der Waals surface area contributed by atoms with Gasteiger partial charge in [0.1, 0.15) is 0 Å². The summed E-state index contributed by atoms with van der Waals surface area (Å²) in [4.78, 5) is 2.33. The minimum absolute atomic E-state index is 0.109. The van der Waals surface area contributed by atoms with Crippen LogP contribution < -0.4 is 4.90 Å². The third kappa shape index (κ3) is 2.52. The molecule has 20 heavy (non-hydrogen) atoms. The van der Waals surface area contributed by atoms with Crippen LogP contribution in [0.15, 0.2) is 12.1 Å². The third-order valence-corrected chi connectivity index (χ3v) is 4.53. The second kappa shape index (κ2) is 5.66. The van der Waals surface area contributed by atoms with Crippen molar-refractivity contribution in [1.29, 1.82) is 0 Å². The van der Waals surface area contributed by atoms with Crippen molar-refractivity contribution in [3.05, 3.63) is 17.8 Å². The Morgan fingerprint density at radius 3 is 3.10 bits per heavy atom. The summed E-state index contributed by atoms with van der Waals surface area (Å²) in [6.45, 7) is 5.54. The van der Waals surface area contributed by atoms with Crippen LogP contribution in [-0.4, -0.2) is 49.7 Å². The van der Waals surface area contributed by atoms with Gasteiger partial charge in [-0.25, -0.2) is 0 Å². The Morgan fingerprint density at radius 2 is 2.35 bits per heavy atom. The van der Waals surface area contributed by atoms with Crippen molar-refractivity contribution in [1.82, 2.24) is 10.2 Å². The van der Waals surface area contributed by atoms with E-state index in [1.54, 1.807) is 7.11 Å². The summed E-state index contributed by atoms with van der Waals surface area (Å²) in [5.74, 6) is 0.968. The fourth-order valence-corrected chi connectivity index (χ4v) is 3.54. The fourth-order valence-electron chi connectivity index (χ4n) is 3.54. The smallest absolute Gasteiger partial charge is 0.151 e. The first-order valence-electron chi connectivity index (χ1n) is 7.39. The van der Waals surface area contributed by atoms with Crippen LogP contribution in [-0.2, 0) is 9.47 Å². The van der Waals surface area contributed by atoms with Crippen LogP contribution in [0.2, 0.25) is 0 Å². The standard InChI is InChI=1S/C15H23N3O2/c1-12-4-5-14(17-16-12)18-8-6-13-15(10-18,11-19-2)7-3-9-20-13/h4-5,13H,3,6-11H2,1-2H3/t13-,15-/m0/s1. The first-order chi connectivity index (χ1) is 9.73. The van der Waals surface area contributed by atoms with Gasteiger partial charge in [-0.15, -0.1) is 5.10 Å². The summed E-state index contributed by atoms with van der Waals surface area (Å²) >= 11 is 0. The van der Waals surface area contributed by atoms with E-state index >= 15 is 0 Å². The molecule has 0 saturated carbocycles. The molecule has 0 bridgehead atoms. The van der Waals surface area contributed by atoms with Crippen LogP contribution in [0.4, 0.5) is 5.82 Å². The molecule has 110 valence electrons. The van der Waals surface area contributed by atoms with Gasteiger partial charge in [-0.1, -0.05) is 0 Å². The average molecular weight is 277 g/mol. The maximum absolute atomic E-state index is 6.00. The monoisotopic (exact) mass is 277 g/mol. The Bertz CT molecular complexity index is 447. The Labute approximate surface area is 120 Å². The molecule has 0 amide bonds. The highest BCUT2D eigenvalue weighted by atomic mass is 16.5. The number of rotatable bonds is 3. The Morgan fingerprint density at radius 1 is 1.45 bits per heavy atom. The molecular formula is C15H23N3O2. The lowest BCUT2D eigenvalue weighted by molar-refractivity contribution is -0.119. The van der Waals surface area contributed by atoms with Crippen LogP contribution in [0.3, 0.4) is 0 Å². The highest BCUT2D eigenvalue weighted by Crippen LogP contribution is 2.41. The van der Waals surface area contributed by atoms with E-state index in [2.05, 4.69) is 21.2 Å². The quantitative estimate of drug-likeness (QED) is 0.843. The van der Waals surface area contributed by atoms with Gasteiger partial charge in [0.25, 0.3) is 0 Å². The number of aryl methyl sites for hydroxylation is 1. The average Bonchev–Trinajstić information content (AvgIpc) is 2.47. The number of fused-ring (bicyclic) bond motifs is 1. The van der Waals surface area contributed by atoms with Crippen LogP contribution in [0, 0.1) is 12.3 Å². The first-order valence-corrected chi connectivity index (χ1v) is 7.39. The number of piperidine rings is 1. The van der Waals surface area contributed by atoms with E-state index in [-0.39, 0.29) is 5.41 Å². The lowest BCUT2D eigenvalue weighted by Crippen LogP contribution is -2.57. The molecule has 1 aromatic rings. The Balaban J connectivity index is 1.80. The van der Waals surface area contributed by atoms with Gasteiger partial charge in [0.05, 0.1) is 18.4 Å². The second-order valence-electron chi connectivity index (χ2n) is 6.00. The number of hydrogen-bond acceptors (Lipinski definition) is 5. The summed E-state index contributed by atoms with van der Waals surface area (Å²) < 4.78 is 11.5. The topological polar surface area (TPSA) is 47.5 Å². The molecule has 3 rings (SSSR count). The van der Waals surface area contributed by atoms with E-state index in [4.69, 9.17) is 9.47 Å². The molecule has 2 aliphatic rings. The Kier molecular flexibility index (Phi) is 3.89. The second-order valence-corrected chi connectivity index (χ2v) is 6.00. The number of ether oxygens (including phenoxy) is 2. The molecule has 5 nitrogen and oxygen atoms in total. The zero-order valence-electron chi connectivity index (χ0n) is 12.3. The first kappa shape index (κ1) is 13.8. The van der Waals surface area contributed by atoms with E-state index < -0.39 is 0 Å². The van der Waals surface area contributed by atoms with Crippen LogP contribution in [0.5, 0.6) is 0 Å². The summed E-state index contributed by atoms with van der Waals surface area (Å²) in [6.07, 6.45) is 3.65. The fraction of sp³-hybridized carbons (Fsp3) is 0.733. The summed E-state index contributed by atoms with van der Waals surface area (Å²) in [7, 11) is 1.78. The van der Waals surface area contributed by atoms with Crippen molar-refractivity contribution < 1.29 is 9.47 Å². The van der Waals surface area contributed by atoms with Gasteiger partial charge in [0, 0.05) is 32.2 Å². The molecule has 0 aromatic carbocycles. The van der Waals surface area contributed by atoms with Crippen molar-refractivity contribution in [3.63, 3.8) is 0 Å². The van der Waals surface area contributed by atoms with Gasteiger partial charge in [0.2, 0.25) is 0 Å². The zero-order chi connectivity index (χ0) is 14.0. The molecule has 2 saturated heterocycles. The van der Waals surface area contributed by atoms with Gasteiger partial charge in [0.15, 0.2) is 5.82 Å². The lowest BCUT2D eigenvalue weighted by Gasteiger charge is -2.50. The molecule has 2 fully saturated rings. The molecule has 0 unspecified atom stereocenters. The molecule has 3 heterocycles. The molecule has 0 N–H and O–H groups in total. The number of methoxy groups -OCH3 is 1. The number of hydrogen-bond donors (Lipinski definition) is 0. The predicted molar refractivity (Wildman–Crippen MR) is 76.9 cm³/mol. The number of nitrogens with zero attached hydrogens (tertiary/aromatic N) is 3. The highest BCUT2D eigenvalue weighted by molar-refractivity contribution is 5.39. The minimum Gasteiger partial charge on any atom is -0.384 e. The summed E-state index contributed by atoms with van der Waals surface area (Å²) in [6, 6.07) is 4.08. The van der Waals surface area contributed by atoms with Crippen LogP contribution in [0.25, 0.3) is 0 Å². The predicted octanol–water partition coefficient (Wildman–Crippen LogP) is 1.81. The SMILES string of the molecule is COC[C@@]12CCCO[C@H]1CCN(c1ccc(C)nn1)C2. The van der Waals surface area contributed by atoms with E-state index in [0.29, 0.717) is 6.10 Å². The van der Waals surface area contributed by atoms with Gasteiger partial charge < -0.3 is 14.4 Å². The summed E-state index contributed by atoms with van der Waals surface area (Å²) in [5, 5.41) is 8.50. The van der Waals surface area contributed by atoms with E-state index in [1.807, 2.05) is 13.0 Å². The van der Waals surface area contributed by atoms with Gasteiger partial charge in [-0.3, -0.25) is 0 Å². The van der Waals surface area contributed by atoms with E-state index in [0.717, 1.165) is 50.7 Å². The van der Waals surface area contributed by atoms with Crippen LogP contribution in [0.1, 0.15) is 25.0 Å². The number of anilines is 1.